The highest BCUT2D eigenvalue weighted by Gasteiger charge is 2.21. The van der Waals surface area contributed by atoms with Crippen LogP contribution in [0.5, 0.6) is 0 Å². The van der Waals surface area contributed by atoms with Crippen molar-refractivity contribution in [1.82, 2.24) is 20.1 Å². The Bertz CT molecular complexity index is 883. The Balaban J connectivity index is 1.96. The molecule has 0 spiro atoms. The number of nitrogens with zero attached hydrogens (tertiary/aromatic N) is 3. The number of hydrogen-bond acceptors (Lipinski definition) is 7. The second-order valence-corrected chi connectivity index (χ2v) is 7.43. The molecule has 0 bridgehead atoms. The summed E-state index contributed by atoms with van der Waals surface area (Å²) in [5.41, 5.74) is 2.82. The van der Waals surface area contributed by atoms with E-state index in [0.29, 0.717) is 17.9 Å². The number of hydrogen-bond donors (Lipinski definition) is 2. The summed E-state index contributed by atoms with van der Waals surface area (Å²) in [5.74, 6) is -0.749. The average Bonchev–Trinajstić information content (AvgIpc) is 3.15. The molecule has 0 aliphatic heterocycles. The predicted molar refractivity (Wildman–Crippen MR) is 111 cm³/mol. The quantitative estimate of drug-likeness (QED) is 0.593. The van der Waals surface area contributed by atoms with Crippen molar-refractivity contribution in [3.8, 4) is 0 Å². The molecule has 29 heavy (non-hydrogen) atoms. The van der Waals surface area contributed by atoms with Crippen LogP contribution in [0.4, 0.5) is 5.69 Å². The molecule has 2 rings (SSSR count). The van der Waals surface area contributed by atoms with Crippen LogP contribution in [0.2, 0.25) is 0 Å². The van der Waals surface area contributed by atoms with Gasteiger partial charge in [-0.1, -0.05) is 6.07 Å². The van der Waals surface area contributed by atoms with Crippen LogP contribution in [0.1, 0.15) is 28.2 Å². The van der Waals surface area contributed by atoms with Gasteiger partial charge in [0.2, 0.25) is 11.7 Å². The van der Waals surface area contributed by atoms with Gasteiger partial charge in [-0.3, -0.25) is 9.59 Å². The predicted octanol–water partition coefficient (Wildman–Crippen LogP) is 1.56. The van der Waals surface area contributed by atoms with E-state index in [9.17, 15) is 14.4 Å². The first kappa shape index (κ1) is 22.4. The van der Waals surface area contributed by atoms with Crippen molar-refractivity contribution in [2.75, 3.05) is 24.4 Å². The Labute approximate surface area is 173 Å². The first-order valence-electron chi connectivity index (χ1n) is 8.98. The van der Waals surface area contributed by atoms with Crippen LogP contribution >= 0.6 is 11.8 Å². The summed E-state index contributed by atoms with van der Waals surface area (Å²) in [6, 6.07) is 4.85. The van der Waals surface area contributed by atoms with Gasteiger partial charge in [0.1, 0.15) is 18.9 Å². The molecular formula is C19H25N5O4S. The molecule has 0 aliphatic carbocycles. The zero-order valence-corrected chi connectivity index (χ0v) is 17.7. The lowest BCUT2D eigenvalue weighted by atomic mass is 10.1. The lowest BCUT2D eigenvalue weighted by Gasteiger charge is -2.15. The number of rotatable bonds is 9. The number of carbonyl (C=O) groups excluding carboxylic acids is 3. The van der Waals surface area contributed by atoms with Crippen molar-refractivity contribution in [2.45, 2.75) is 32.9 Å². The van der Waals surface area contributed by atoms with Gasteiger partial charge in [-0.2, -0.15) is 11.8 Å². The largest absolute Gasteiger partial charge is 0.467 e. The molecule has 2 aromatic rings. The summed E-state index contributed by atoms with van der Waals surface area (Å²) in [6.07, 6.45) is 3.67. The van der Waals surface area contributed by atoms with E-state index in [0.717, 1.165) is 11.1 Å². The second kappa shape index (κ2) is 10.6. The zero-order valence-electron chi connectivity index (χ0n) is 16.9. The second-order valence-electron chi connectivity index (χ2n) is 6.44. The Kier molecular flexibility index (Phi) is 8.20. The number of anilines is 1. The maximum atomic E-state index is 12.3. The minimum absolute atomic E-state index is 0.0528. The van der Waals surface area contributed by atoms with Crippen LogP contribution in [0.3, 0.4) is 0 Å². The van der Waals surface area contributed by atoms with E-state index >= 15 is 0 Å². The number of aryl methyl sites for hydroxylation is 2. The van der Waals surface area contributed by atoms with Crippen LogP contribution in [0.15, 0.2) is 24.5 Å². The van der Waals surface area contributed by atoms with E-state index in [4.69, 9.17) is 4.74 Å². The molecule has 156 valence electrons. The van der Waals surface area contributed by atoms with Crippen LogP contribution in [-0.4, -0.2) is 57.7 Å². The van der Waals surface area contributed by atoms with E-state index in [1.54, 1.807) is 17.8 Å². The fraction of sp³-hybridized carbons (Fsp3) is 0.421. The number of thioether (sulfide) groups is 1. The smallest absolute Gasteiger partial charge is 0.328 e. The molecule has 9 nitrogen and oxygen atoms in total. The van der Waals surface area contributed by atoms with Gasteiger partial charge in [-0.25, -0.2) is 14.5 Å². The third-order valence-corrected chi connectivity index (χ3v) is 4.89. The Hall–Kier alpha value is -2.88. The first-order valence-corrected chi connectivity index (χ1v) is 10.4. The number of esters is 1. The molecule has 2 amide bonds. The highest BCUT2D eigenvalue weighted by Crippen LogP contribution is 2.14. The topological polar surface area (TPSA) is 115 Å². The van der Waals surface area contributed by atoms with Crippen molar-refractivity contribution in [3.63, 3.8) is 0 Å². The van der Waals surface area contributed by atoms with E-state index in [-0.39, 0.29) is 12.4 Å². The van der Waals surface area contributed by atoms with E-state index < -0.39 is 23.8 Å². The number of methoxy groups -OCH3 is 1. The maximum Gasteiger partial charge on any atom is 0.328 e. The van der Waals surface area contributed by atoms with Crippen molar-refractivity contribution in [2.24, 2.45) is 0 Å². The van der Waals surface area contributed by atoms with Crippen molar-refractivity contribution in [3.05, 3.63) is 41.5 Å². The molecule has 0 radical (unpaired) electrons. The fourth-order valence-electron chi connectivity index (χ4n) is 2.50. The lowest BCUT2D eigenvalue weighted by Crippen LogP contribution is -2.43. The van der Waals surface area contributed by atoms with E-state index in [1.807, 2.05) is 32.2 Å². The molecular weight excluding hydrogens is 394 g/mol. The third kappa shape index (κ3) is 6.60. The highest BCUT2D eigenvalue weighted by molar-refractivity contribution is 7.98. The molecule has 0 fully saturated rings. The summed E-state index contributed by atoms with van der Waals surface area (Å²) in [5, 5.41) is 9.39. The Morgan fingerprint density at radius 1 is 1.24 bits per heavy atom. The molecule has 2 N–H and O–H groups in total. The van der Waals surface area contributed by atoms with Crippen molar-refractivity contribution in [1.29, 1.82) is 0 Å². The minimum Gasteiger partial charge on any atom is -0.467 e. The van der Waals surface area contributed by atoms with Gasteiger partial charge in [0.05, 0.1) is 7.11 Å². The van der Waals surface area contributed by atoms with Crippen molar-refractivity contribution < 1.29 is 19.1 Å². The normalized spacial score (nSPS) is 11.6. The molecule has 10 heteroatoms. The number of benzene rings is 1. The van der Waals surface area contributed by atoms with Gasteiger partial charge >= 0.3 is 5.97 Å². The fourth-order valence-corrected chi connectivity index (χ4v) is 2.97. The number of amides is 2. The first-order chi connectivity index (χ1) is 13.8. The zero-order chi connectivity index (χ0) is 21.4. The summed E-state index contributed by atoms with van der Waals surface area (Å²) in [7, 11) is 1.28. The summed E-state index contributed by atoms with van der Waals surface area (Å²) < 4.78 is 5.96. The SMILES string of the molecule is COC(=O)[C@H](CCSC)NC(=O)Cn1cnc(C(=O)Nc2ccc(C)c(C)c2)n1. The van der Waals surface area contributed by atoms with Crippen LogP contribution in [-0.2, 0) is 20.9 Å². The number of carbonyl (C=O) groups is 3. The van der Waals surface area contributed by atoms with Gasteiger partial charge in [0.25, 0.3) is 5.91 Å². The van der Waals surface area contributed by atoms with Crippen LogP contribution in [0.25, 0.3) is 0 Å². The lowest BCUT2D eigenvalue weighted by molar-refractivity contribution is -0.145. The standard InChI is InChI=1S/C19H25N5O4S/c1-12-5-6-14(9-13(12)2)21-18(26)17-20-11-24(23-17)10-16(25)22-15(7-8-29-4)19(27)28-3/h5-6,9,11,15H,7-8,10H2,1-4H3,(H,21,26)(H,22,25)/t15-/m0/s1. The number of nitrogens with one attached hydrogen (secondary N) is 2. The molecule has 1 aromatic carbocycles. The average molecular weight is 420 g/mol. The Morgan fingerprint density at radius 2 is 2.00 bits per heavy atom. The van der Waals surface area contributed by atoms with Gasteiger partial charge in [-0.15, -0.1) is 5.10 Å². The van der Waals surface area contributed by atoms with E-state index in [2.05, 4.69) is 20.7 Å². The minimum atomic E-state index is -0.726. The van der Waals surface area contributed by atoms with Gasteiger partial charge < -0.3 is 15.4 Å². The molecule has 0 aliphatic rings. The summed E-state index contributed by atoms with van der Waals surface area (Å²) >= 11 is 1.57. The van der Waals surface area contributed by atoms with Gasteiger partial charge in [0, 0.05) is 5.69 Å². The summed E-state index contributed by atoms with van der Waals surface area (Å²) in [6.45, 7) is 3.77. The third-order valence-electron chi connectivity index (χ3n) is 4.24. The van der Waals surface area contributed by atoms with Gasteiger partial charge in [-0.05, 0) is 55.5 Å². The van der Waals surface area contributed by atoms with Crippen LogP contribution in [0, 0.1) is 13.8 Å². The van der Waals surface area contributed by atoms with Crippen molar-refractivity contribution >= 4 is 35.2 Å². The monoisotopic (exact) mass is 419 g/mol. The maximum absolute atomic E-state index is 12.3. The molecule has 1 heterocycles. The molecule has 0 saturated heterocycles. The Morgan fingerprint density at radius 3 is 2.66 bits per heavy atom. The van der Waals surface area contributed by atoms with Gasteiger partial charge in [0.15, 0.2) is 0 Å². The van der Waals surface area contributed by atoms with E-state index in [1.165, 1.54) is 18.1 Å². The van der Waals surface area contributed by atoms with Crippen LogP contribution < -0.4 is 10.6 Å². The molecule has 0 saturated carbocycles. The number of ether oxygens (including phenoxy) is 1. The highest BCUT2D eigenvalue weighted by atomic mass is 32.2. The summed E-state index contributed by atoms with van der Waals surface area (Å²) in [4.78, 5) is 40.3. The molecule has 1 aromatic heterocycles. The molecule has 1 atom stereocenters. The molecule has 0 unspecified atom stereocenters. The number of aromatic nitrogens is 3.